The maximum absolute atomic E-state index is 5.97. The van der Waals surface area contributed by atoms with Crippen molar-refractivity contribution in [2.24, 2.45) is 11.7 Å². The highest BCUT2D eigenvalue weighted by Crippen LogP contribution is 2.21. The Bertz CT molecular complexity index is 396. The molecule has 1 atom stereocenters. The number of nitrogens with two attached hydrogens (primary N) is 1. The lowest BCUT2D eigenvalue weighted by Gasteiger charge is -2.33. The van der Waals surface area contributed by atoms with Crippen molar-refractivity contribution in [3.63, 3.8) is 0 Å². The fourth-order valence-electron chi connectivity index (χ4n) is 2.56. The van der Waals surface area contributed by atoms with Crippen molar-refractivity contribution in [1.82, 2.24) is 19.9 Å². The molecule has 19 heavy (non-hydrogen) atoms. The fourth-order valence-corrected chi connectivity index (χ4v) is 2.56. The van der Waals surface area contributed by atoms with E-state index in [1.54, 1.807) is 0 Å². The van der Waals surface area contributed by atoms with Gasteiger partial charge in [0.2, 0.25) is 0 Å². The SMILES string of the molecule is CC(N)C1CCN(Cc2cn(C(C)(C)C)nn2)CC1. The monoisotopic (exact) mass is 265 g/mol. The van der Waals surface area contributed by atoms with Gasteiger partial charge in [0.05, 0.1) is 17.4 Å². The lowest BCUT2D eigenvalue weighted by atomic mass is 9.91. The smallest absolute Gasteiger partial charge is 0.0967 e. The summed E-state index contributed by atoms with van der Waals surface area (Å²) in [5, 5.41) is 8.49. The van der Waals surface area contributed by atoms with Crippen LogP contribution in [0.5, 0.6) is 0 Å². The topological polar surface area (TPSA) is 60.0 Å². The van der Waals surface area contributed by atoms with E-state index in [4.69, 9.17) is 5.73 Å². The first kappa shape index (κ1) is 14.5. The molecule has 1 aliphatic rings. The van der Waals surface area contributed by atoms with E-state index in [9.17, 15) is 0 Å². The van der Waals surface area contributed by atoms with Crippen LogP contribution in [-0.4, -0.2) is 39.0 Å². The van der Waals surface area contributed by atoms with Crippen molar-refractivity contribution in [3.8, 4) is 0 Å². The zero-order valence-electron chi connectivity index (χ0n) is 12.6. The summed E-state index contributed by atoms with van der Waals surface area (Å²) >= 11 is 0. The molecular weight excluding hydrogens is 238 g/mol. The minimum atomic E-state index is 0.00717. The molecule has 1 aromatic rings. The Labute approximate surface area is 116 Å². The van der Waals surface area contributed by atoms with Crippen LogP contribution in [0.2, 0.25) is 0 Å². The number of piperidine rings is 1. The molecule has 2 heterocycles. The molecule has 0 bridgehead atoms. The molecule has 1 fully saturated rings. The van der Waals surface area contributed by atoms with Crippen molar-refractivity contribution >= 4 is 0 Å². The largest absolute Gasteiger partial charge is 0.328 e. The highest BCUT2D eigenvalue weighted by molar-refractivity contribution is 4.95. The third-order valence-electron chi connectivity index (χ3n) is 3.99. The average Bonchev–Trinajstić information content (AvgIpc) is 2.78. The molecular formula is C14H27N5. The highest BCUT2D eigenvalue weighted by atomic mass is 15.4. The lowest BCUT2D eigenvalue weighted by molar-refractivity contribution is 0.164. The van der Waals surface area contributed by atoms with Crippen molar-refractivity contribution in [2.75, 3.05) is 13.1 Å². The summed E-state index contributed by atoms with van der Waals surface area (Å²) in [4.78, 5) is 2.45. The molecule has 0 saturated carbocycles. The van der Waals surface area contributed by atoms with Crippen molar-refractivity contribution < 1.29 is 0 Å². The van der Waals surface area contributed by atoms with Gasteiger partial charge in [0.15, 0.2) is 0 Å². The van der Waals surface area contributed by atoms with Crippen molar-refractivity contribution in [2.45, 2.75) is 58.7 Å². The van der Waals surface area contributed by atoms with Gasteiger partial charge in [-0.1, -0.05) is 5.21 Å². The van der Waals surface area contributed by atoms with Gasteiger partial charge in [0, 0.05) is 12.6 Å². The van der Waals surface area contributed by atoms with Crippen LogP contribution in [0.1, 0.15) is 46.2 Å². The van der Waals surface area contributed by atoms with E-state index < -0.39 is 0 Å². The summed E-state index contributed by atoms with van der Waals surface area (Å²) in [5.74, 6) is 0.682. The van der Waals surface area contributed by atoms with Crippen LogP contribution in [0, 0.1) is 5.92 Å². The maximum Gasteiger partial charge on any atom is 0.0967 e. The average molecular weight is 265 g/mol. The zero-order chi connectivity index (χ0) is 14.0. The fraction of sp³-hybridized carbons (Fsp3) is 0.857. The summed E-state index contributed by atoms with van der Waals surface area (Å²) < 4.78 is 1.94. The summed E-state index contributed by atoms with van der Waals surface area (Å²) in [6, 6.07) is 0.323. The van der Waals surface area contributed by atoms with Gasteiger partial charge in [0.25, 0.3) is 0 Å². The number of aromatic nitrogens is 3. The Kier molecular flexibility index (Phi) is 4.26. The van der Waals surface area contributed by atoms with Gasteiger partial charge in [-0.2, -0.15) is 0 Å². The van der Waals surface area contributed by atoms with Crippen LogP contribution in [0.3, 0.4) is 0 Å². The van der Waals surface area contributed by atoms with Gasteiger partial charge in [-0.05, 0) is 59.5 Å². The summed E-state index contributed by atoms with van der Waals surface area (Å²) in [7, 11) is 0. The van der Waals surface area contributed by atoms with E-state index in [1.807, 2.05) is 4.68 Å². The molecule has 5 heteroatoms. The molecule has 2 rings (SSSR count). The van der Waals surface area contributed by atoms with E-state index in [2.05, 4.69) is 49.1 Å². The lowest BCUT2D eigenvalue weighted by Crippen LogP contribution is -2.39. The Hall–Kier alpha value is -0.940. The van der Waals surface area contributed by atoms with Gasteiger partial charge in [-0.3, -0.25) is 4.90 Å². The number of nitrogens with zero attached hydrogens (tertiary/aromatic N) is 4. The van der Waals surface area contributed by atoms with Crippen LogP contribution in [0.25, 0.3) is 0 Å². The maximum atomic E-state index is 5.97. The predicted octanol–water partition coefficient (Wildman–Crippen LogP) is 1.59. The van der Waals surface area contributed by atoms with Crippen LogP contribution in [0.4, 0.5) is 0 Å². The van der Waals surface area contributed by atoms with E-state index in [0.717, 1.165) is 25.3 Å². The third kappa shape index (κ3) is 3.76. The summed E-state index contributed by atoms with van der Waals surface area (Å²) in [6.45, 7) is 11.7. The minimum Gasteiger partial charge on any atom is -0.328 e. The molecule has 1 saturated heterocycles. The van der Waals surface area contributed by atoms with Crippen molar-refractivity contribution in [3.05, 3.63) is 11.9 Å². The van der Waals surface area contributed by atoms with E-state index in [-0.39, 0.29) is 5.54 Å². The zero-order valence-corrected chi connectivity index (χ0v) is 12.6. The molecule has 1 aromatic heterocycles. The molecule has 0 spiro atoms. The standard InChI is InChI=1S/C14H27N5/c1-11(15)12-5-7-18(8-6-12)9-13-10-19(17-16-13)14(2,3)4/h10-12H,5-9,15H2,1-4H3. The first-order valence-electron chi connectivity index (χ1n) is 7.26. The van der Waals surface area contributed by atoms with E-state index in [0.29, 0.717) is 12.0 Å². The molecule has 1 unspecified atom stereocenters. The van der Waals surface area contributed by atoms with Crippen LogP contribution in [-0.2, 0) is 12.1 Å². The number of rotatable bonds is 3. The first-order valence-corrected chi connectivity index (χ1v) is 7.26. The Morgan fingerprint density at radius 2 is 2.00 bits per heavy atom. The predicted molar refractivity (Wildman–Crippen MR) is 76.7 cm³/mol. The number of hydrogen-bond acceptors (Lipinski definition) is 4. The van der Waals surface area contributed by atoms with Gasteiger partial charge in [0.1, 0.15) is 0 Å². The van der Waals surface area contributed by atoms with Gasteiger partial charge in [-0.25, -0.2) is 4.68 Å². The molecule has 0 amide bonds. The van der Waals surface area contributed by atoms with Crippen molar-refractivity contribution in [1.29, 1.82) is 0 Å². The van der Waals surface area contributed by atoms with Crippen LogP contribution in [0.15, 0.2) is 6.20 Å². The van der Waals surface area contributed by atoms with Gasteiger partial charge >= 0.3 is 0 Å². The third-order valence-corrected chi connectivity index (χ3v) is 3.99. The second kappa shape index (κ2) is 5.59. The first-order chi connectivity index (χ1) is 8.86. The summed E-state index contributed by atoms with van der Waals surface area (Å²) in [6.07, 6.45) is 4.47. The highest BCUT2D eigenvalue weighted by Gasteiger charge is 2.23. The number of hydrogen-bond donors (Lipinski definition) is 1. The van der Waals surface area contributed by atoms with Gasteiger partial charge < -0.3 is 5.73 Å². The Morgan fingerprint density at radius 3 is 2.47 bits per heavy atom. The molecule has 0 aromatic carbocycles. The molecule has 5 nitrogen and oxygen atoms in total. The van der Waals surface area contributed by atoms with Crippen LogP contribution < -0.4 is 5.73 Å². The molecule has 2 N–H and O–H groups in total. The van der Waals surface area contributed by atoms with Gasteiger partial charge in [-0.15, -0.1) is 5.10 Å². The van der Waals surface area contributed by atoms with E-state index >= 15 is 0 Å². The second-order valence-electron chi connectivity index (χ2n) is 6.80. The Morgan fingerprint density at radius 1 is 1.37 bits per heavy atom. The summed E-state index contributed by atoms with van der Waals surface area (Å²) in [5.41, 5.74) is 7.04. The molecule has 108 valence electrons. The van der Waals surface area contributed by atoms with Crippen LogP contribution >= 0.6 is 0 Å². The molecule has 1 aliphatic heterocycles. The second-order valence-corrected chi connectivity index (χ2v) is 6.80. The number of likely N-dealkylation sites (tertiary alicyclic amines) is 1. The molecule has 0 aliphatic carbocycles. The Balaban J connectivity index is 1.87. The minimum absolute atomic E-state index is 0.00717. The normalized spacial score (nSPS) is 20.7. The molecule has 0 radical (unpaired) electrons. The quantitative estimate of drug-likeness (QED) is 0.901. The van der Waals surface area contributed by atoms with E-state index in [1.165, 1.54) is 12.8 Å².